The molecule has 7 heterocycles. The largest absolute Gasteiger partial charge is 0.494 e. The molecule has 0 radical (unpaired) electrons. The van der Waals surface area contributed by atoms with Crippen molar-refractivity contribution in [3.8, 4) is 5.75 Å². The van der Waals surface area contributed by atoms with Crippen molar-refractivity contribution >= 4 is 50.7 Å². The lowest BCUT2D eigenvalue weighted by Crippen LogP contribution is -2.38. The van der Waals surface area contributed by atoms with Crippen molar-refractivity contribution in [1.29, 1.82) is 0 Å². The molecule has 0 saturated carbocycles. The second-order valence-electron chi connectivity index (χ2n) is 17.7. The Hall–Kier alpha value is -6.15. The van der Waals surface area contributed by atoms with Gasteiger partial charge < -0.3 is 29.6 Å². The molecule has 1 aromatic carbocycles. The number of unbranched alkanes of at least 4 members (excludes halogenated alkanes) is 2. The van der Waals surface area contributed by atoms with E-state index in [2.05, 4.69) is 39.4 Å². The minimum absolute atomic E-state index is 0.00180. The number of amides is 4. The summed E-state index contributed by atoms with van der Waals surface area (Å²) in [4.78, 5) is 67.6. The number of nitrogens with one attached hydrogen (secondary N) is 2. The molecular formula is C52H64N8O5S. The number of hydrogen-bond acceptors (Lipinski definition) is 9. The molecule has 2 N–H and O–H groups in total. The van der Waals surface area contributed by atoms with Crippen LogP contribution in [0.5, 0.6) is 5.75 Å². The normalized spacial score (nSPS) is 14.5. The minimum Gasteiger partial charge on any atom is -0.494 e. The Morgan fingerprint density at radius 2 is 1.44 bits per heavy atom. The molecule has 8 rings (SSSR count). The van der Waals surface area contributed by atoms with E-state index in [0.717, 1.165) is 122 Å². The van der Waals surface area contributed by atoms with Crippen LogP contribution in [0.1, 0.15) is 137 Å². The van der Waals surface area contributed by atoms with Gasteiger partial charge in [-0.2, -0.15) is 0 Å². The van der Waals surface area contributed by atoms with Crippen LogP contribution in [0.25, 0.3) is 15.7 Å². The Kier molecular flexibility index (Phi) is 17.3. The Labute approximate surface area is 392 Å². The highest BCUT2D eigenvalue weighted by molar-refractivity contribution is 7.20. The van der Waals surface area contributed by atoms with Crippen LogP contribution in [0.15, 0.2) is 97.8 Å². The zero-order chi connectivity index (χ0) is 46.3. The third-order valence-corrected chi connectivity index (χ3v) is 13.8. The molecule has 2 fully saturated rings. The van der Waals surface area contributed by atoms with Gasteiger partial charge in [-0.25, -0.2) is 4.98 Å². The van der Waals surface area contributed by atoms with Crippen molar-refractivity contribution in [1.82, 2.24) is 39.8 Å². The van der Waals surface area contributed by atoms with Gasteiger partial charge in [0.15, 0.2) is 0 Å². The standard InChI is InChI=1S/C26H32N4O3.C26H32N4O2S/c1-2-33-23-8-5-7-21(18-23)26(32)29-15-11-20(12-16-29)6-3-4-13-28-25(31)22-9-10-24-27-14-17-30(24)19-22;1-18(2)21-6-7-22(29-16-21)26(32)30-13-9-19(10-14-30)5-3-4-11-28-25(31)23-15-20-8-12-27-17-24(20)33-23/h5,7-10,14,17-20H,2-4,6,11-13,15-16H2,1H3,(H,28,31);6-8,12,15-19H,3-5,9-11,13-14H2,1-2H3,(H,28,31). The monoisotopic (exact) mass is 912 g/mol. The fourth-order valence-corrected chi connectivity index (χ4v) is 9.66. The number of nitrogens with zero attached hydrogens (tertiary/aromatic N) is 6. The molecule has 348 valence electrons. The Morgan fingerprint density at radius 1 is 0.742 bits per heavy atom. The number of aromatic nitrogens is 4. The zero-order valence-corrected chi connectivity index (χ0v) is 39.4. The van der Waals surface area contributed by atoms with Gasteiger partial charge in [-0.05, 0) is 123 Å². The van der Waals surface area contributed by atoms with Crippen LogP contribution in [-0.2, 0) is 0 Å². The summed E-state index contributed by atoms with van der Waals surface area (Å²) in [5.74, 6) is 2.53. The molecule has 2 aliphatic heterocycles. The molecule has 0 spiro atoms. The van der Waals surface area contributed by atoms with E-state index in [0.29, 0.717) is 54.3 Å². The molecule has 0 atom stereocenters. The fourth-order valence-electron chi connectivity index (χ4n) is 8.71. The quantitative estimate of drug-likeness (QED) is 0.0860. The number of likely N-dealkylation sites (tertiary alicyclic amines) is 2. The number of imidazole rings is 1. The van der Waals surface area contributed by atoms with Crippen molar-refractivity contribution < 1.29 is 23.9 Å². The number of carbonyl (C=O) groups excluding carboxylic acids is 4. The smallest absolute Gasteiger partial charge is 0.272 e. The summed E-state index contributed by atoms with van der Waals surface area (Å²) in [5.41, 5.74) is 3.87. The van der Waals surface area contributed by atoms with Gasteiger partial charge in [0.2, 0.25) is 0 Å². The highest BCUT2D eigenvalue weighted by Gasteiger charge is 2.25. The maximum absolute atomic E-state index is 12.8. The lowest BCUT2D eigenvalue weighted by atomic mass is 9.91. The summed E-state index contributed by atoms with van der Waals surface area (Å²) >= 11 is 1.48. The van der Waals surface area contributed by atoms with Crippen LogP contribution in [0, 0.1) is 11.8 Å². The molecule has 6 aromatic rings. The van der Waals surface area contributed by atoms with E-state index >= 15 is 0 Å². The topological polar surface area (TPSA) is 151 Å². The number of hydrogen-bond donors (Lipinski definition) is 2. The van der Waals surface area contributed by atoms with E-state index < -0.39 is 0 Å². The lowest BCUT2D eigenvalue weighted by Gasteiger charge is -2.32. The first-order valence-electron chi connectivity index (χ1n) is 23.7. The van der Waals surface area contributed by atoms with Crippen LogP contribution in [0.2, 0.25) is 0 Å². The molecule has 0 aliphatic carbocycles. The first kappa shape index (κ1) is 47.8. The molecule has 5 aromatic heterocycles. The van der Waals surface area contributed by atoms with Crippen LogP contribution < -0.4 is 15.4 Å². The van der Waals surface area contributed by atoms with E-state index in [1.165, 1.54) is 11.3 Å². The van der Waals surface area contributed by atoms with Crippen molar-refractivity contribution in [2.45, 2.75) is 90.9 Å². The van der Waals surface area contributed by atoms with E-state index in [1.54, 1.807) is 30.9 Å². The third kappa shape index (κ3) is 13.2. The SMILES string of the molecule is CC(C)c1ccc(C(=O)N2CCC(CCCCNC(=O)c3cc4ccncc4s3)CC2)nc1.CCOc1cccc(C(=O)N2CCC(CCCCNC(=O)c3ccc4nccn4c3)CC2)c1. The fraction of sp³-hybridized carbons (Fsp3) is 0.442. The second-order valence-corrected chi connectivity index (χ2v) is 18.8. The first-order chi connectivity index (χ1) is 32.1. The van der Waals surface area contributed by atoms with E-state index in [4.69, 9.17) is 4.74 Å². The number of benzene rings is 1. The summed E-state index contributed by atoms with van der Waals surface area (Å²) in [5, 5.41) is 7.11. The van der Waals surface area contributed by atoms with Gasteiger partial charge >= 0.3 is 0 Å². The van der Waals surface area contributed by atoms with Crippen molar-refractivity contribution in [2.75, 3.05) is 45.9 Å². The molecule has 0 unspecified atom stereocenters. The number of fused-ring (bicyclic) bond motifs is 2. The Bertz CT molecular complexity index is 2490. The lowest BCUT2D eigenvalue weighted by molar-refractivity contribution is 0.0674. The van der Waals surface area contributed by atoms with Crippen LogP contribution in [-0.4, -0.2) is 98.7 Å². The summed E-state index contributed by atoms with van der Waals surface area (Å²) in [6.07, 6.45) is 21.3. The molecule has 2 saturated heterocycles. The van der Waals surface area contributed by atoms with Gasteiger partial charge in [-0.1, -0.05) is 51.7 Å². The average molecular weight is 913 g/mol. The number of ether oxygens (including phenoxy) is 1. The zero-order valence-electron chi connectivity index (χ0n) is 38.6. The van der Waals surface area contributed by atoms with Crippen molar-refractivity contribution in [3.05, 3.63) is 125 Å². The van der Waals surface area contributed by atoms with Crippen LogP contribution in [0.4, 0.5) is 0 Å². The van der Waals surface area contributed by atoms with Crippen molar-refractivity contribution in [3.63, 3.8) is 0 Å². The molecule has 4 amide bonds. The van der Waals surface area contributed by atoms with Gasteiger partial charge in [0.1, 0.15) is 17.1 Å². The molecular weight excluding hydrogens is 849 g/mol. The molecule has 13 nitrogen and oxygen atoms in total. The van der Waals surface area contributed by atoms with Gasteiger partial charge in [-0.3, -0.25) is 29.1 Å². The summed E-state index contributed by atoms with van der Waals surface area (Å²) in [7, 11) is 0. The predicted octanol–water partition coefficient (Wildman–Crippen LogP) is 9.45. The maximum atomic E-state index is 12.8. The number of carbonyl (C=O) groups is 4. The first-order valence-corrected chi connectivity index (χ1v) is 24.6. The number of thiophene rings is 1. The van der Waals surface area contributed by atoms with Crippen LogP contribution >= 0.6 is 11.3 Å². The Morgan fingerprint density at radius 3 is 2.09 bits per heavy atom. The number of rotatable bonds is 17. The van der Waals surface area contributed by atoms with Gasteiger partial charge in [0, 0.05) is 82.0 Å². The van der Waals surface area contributed by atoms with Crippen LogP contribution in [0.3, 0.4) is 0 Å². The number of piperidine rings is 2. The maximum Gasteiger partial charge on any atom is 0.272 e. The second kappa shape index (κ2) is 23.9. The highest BCUT2D eigenvalue weighted by Crippen LogP contribution is 2.27. The van der Waals surface area contributed by atoms with Gasteiger partial charge in [0.05, 0.1) is 21.7 Å². The van der Waals surface area contributed by atoms with Gasteiger partial charge in [-0.15, -0.1) is 11.3 Å². The molecule has 66 heavy (non-hydrogen) atoms. The van der Waals surface area contributed by atoms with E-state index in [9.17, 15) is 19.2 Å². The number of pyridine rings is 3. The molecule has 0 bridgehead atoms. The minimum atomic E-state index is -0.0502. The Balaban J connectivity index is 0.000000196. The average Bonchev–Trinajstić information content (AvgIpc) is 4.02. The molecule has 14 heteroatoms. The summed E-state index contributed by atoms with van der Waals surface area (Å²) < 4.78 is 8.40. The van der Waals surface area contributed by atoms with E-state index in [-0.39, 0.29) is 23.6 Å². The van der Waals surface area contributed by atoms with Gasteiger partial charge in [0.25, 0.3) is 23.6 Å². The molecule has 2 aliphatic rings. The van der Waals surface area contributed by atoms with Crippen molar-refractivity contribution in [2.24, 2.45) is 11.8 Å². The summed E-state index contributed by atoms with van der Waals surface area (Å²) in [6, 6.07) is 18.8. The van der Waals surface area contributed by atoms with E-state index in [1.807, 2.05) is 88.1 Å². The highest BCUT2D eigenvalue weighted by atomic mass is 32.1. The predicted molar refractivity (Wildman–Crippen MR) is 260 cm³/mol. The third-order valence-electron chi connectivity index (χ3n) is 12.7. The summed E-state index contributed by atoms with van der Waals surface area (Å²) in [6.45, 7) is 11.4.